The summed E-state index contributed by atoms with van der Waals surface area (Å²) in [6.45, 7) is 1.30. The van der Waals surface area contributed by atoms with Gasteiger partial charge in [-0.1, -0.05) is 0 Å². The van der Waals surface area contributed by atoms with Crippen LogP contribution in [0.4, 0.5) is 5.69 Å². The zero-order valence-electron chi connectivity index (χ0n) is 16.0. The number of hydrogen-bond acceptors (Lipinski definition) is 5. The smallest absolute Gasteiger partial charge is 0.226 e. The third-order valence-corrected chi connectivity index (χ3v) is 5.01. The average Bonchev–Trinajstić information content (AvgIpc) is 3.23. The van der Waals surface area contributed by atoms with Crippen LogP contribution in [0, 0.1) is 0 Å². The van der Waals surface area contributed by atoms with Gasteiger partial charge in [0, 0.05) is 43.4 Å². The van der Waals surface area contributed by atoms with Crippen LogP contribution in [0.1, 0.15) is 19.3 Å². The molecule has 0 aliphatic carbocycles. The molecule has 0 radical (unpaired) electrons. The lowest BCUT2D eigenvalue weighted by molar-refractivity contribution is -0.119. The summed E-state index contributed by atoms with van der Waals surface area (Å²) in [6, 6.07) is 7.42. The van der Waals surface area contributed by atoms with E-state index in [4.69, 9.17) is 18.9 Å². The summed E-state index contributed by atoms with van der Waals surface area (Å²) in [5.41, 5.74) is 0.330. The molecule has 0 atom stereocenters. The third-order valence-electron chi connectivity index (χ3n) is 5.01. The topological polar surface area (TPSA) is 71.0 Å². The second-order valence-corrected chi connectivity index (χ2v) is 6.57. The molecule has 1 aromatic carbocycles. The van der Waals surface area contributed by atoms with Gasteiger partial charge in [0.25, 0.3) is 0 Å². The van der Waals surface area contributed by atoms with Crippen molar-refractivity contribution in [2.45, 2.75) is 24.8 Å². The molecule has 1 amide bonds. The van der Waals surface area contributed by atoms with E-state index in [-0.39, 0.29) is 11.4 Å². The SMILES string of the molecule is COc1cc(NC(=O)CC2(n3cccc3)CCOCC2)cc(OC)c1OC. The van der Waals surface area contributed by atoms with E-state index in [2.05, 4.69) is 9.88 Å². The van der Waals surface area contributed by atoms with E-state index in [0.717, 1.165) is 12.8 Å². The first kappa shape index (κ1) is 19.1. The van der Waals surface area contributed by atoms with Crippen LogP contribution in [0.5, 0.6) is 17.2 Å². The zero-order chi connectivity index (χ0) is 19.3. The van der Waals surface area contributed by atoms with E-state index in [9.17, 15) is 4.79 Å². The molecule has 27 heavy (non-hydrogen) atoms. The van der Waals surface area contributed by atoms with Crippen molar-refractivity contribution in [2.75, 3.05) is 39.9 Å². The molecule has 1 fully saturated rings. The molecule has 1 N–H and O–H groups in total. The lowest BCUT2D eigenvalue weighted by atomic mass is 9.86. The van der Waals surface area contributed by atoms with Crippen molar-refractivity contribution >= 4 is 11.6 Å². The van der Waals surface area contributed by atoms with Crippen LogP contribution < -0.4 is 19.5 Å². The van der Waals surface area contributed by atoms with Gasteiger partial charge in [-0.3, -0.25) is 4.79 Å². The summed E-state index contributed by atoms with van der Waals surface area (Å²) in [4.78, 5) is 12.9. The lowest BCUT2D eigenvalue weighted by Crippen LogP contribution is -2.42. The van der Waals surface area contributed by atoms with E-state index in [1.54, 1.807) is 33.5 Å². The highest BCUT2D eigenvalue weighted by atomic mass is 16.5. The van der Waals surface area contributed by atoms with Gasteiger partial charge >= 0.3 is 0 Å². The molecule has 0 spiro atoms. The largest absolute Gasteiger partial charge is 0.493 e. The molecule has 1 aliphatic heterocycles. The summed E-state index contributed by atoms with van der Waals surface area (Å²) < 4.78 is 23.7. The maximum atomic E-state index is 12.9. The van der Waals surface area contributed by atoms with E-state index >= 15 is 0 Å². The summed E-state index contributed by atoms with van der Waals surface area (Å²) in [5.74, 6) is 1.42. The quantitative estimate of drug-likeness (QED) is 0.807. The first-order chi connectivity index (χ1) is 13.1. The van der Waals surface area contributed by atoms with Crippen LogP contribution in [0.25, 0.3) is 0 Å². The number of hydrogen-bond donors (Lipinski definition) is 1. The number of carbonyl (C=O) groups is 1. The Morgan fingerprint density at radius 1 is 1.07 bits per heavy atom. The van der Waals surface area contributed by atoms with Crippen molar-refractivity contribution in [3.63, 3.8) is 0 Å². The Balaban J connectivity index is 1.80. The molecule has 3 rings (SSSR count). The predicted molar refractivity (Wildman–Crippen MR) is 102 cm³/mol. The second kappa shape index (κ2) is 8.35. The van der Waals surface area contributed by atoms with E-state index in [1.807, 2.05) is 24.5 Å². The Morgan fingerprint density at radius 3 is 2.19 bits per heavy atom. The van der Waals surface area contributed by atoms with Crippen molar-refractivity contribution in [1.29, 1.82) is 0 Å². The van der Waals surface area contributed by atoms with Crippen LogP contribution in [-0.4, -0.2) is 45.0 Å². The van der Waals surface area contributed by atoms with Crippen molar-refractivity contribution in [2.24, 2.45) is 0 Å². The molecule has 7 nitrogen and oxygen atoms in total. The molecule has 146 valence electrons. The number of methoxy groups -OCH3 is 3. The highest BCUT2D eigenvalue weighted by molar-refractivity contribution is 5.92. The molecule has 0 saturated carbocycles. The number of nitrogens with zero attached hydrogens (tertiary/aromatic N) is 1. The fourth-order valence-electron chi connectivity index (χ4n) is 3.59. The lowest BCUT2D eigenvalue weighted by Gasteiger charge is -2.38. The maximum absolute atomic E-state index is 12.9. The monoisotopic (exact) mass is 374 g/mol. The minimum Gasteiger partial charge on any atom is -0.493 e. The Morgan fingerprint density at radius 2 is 1.67 bits per heavy atom. The van der Waals surface area contributed by atoms with Gasteiger partial charge in [0.15, 0.2) is 11.5 Å². The van der Waals surface area contributed by atoms with Crippen molar-refractivity contribution < 1.29 is 23.7 Å². The summed E-state index contributed by atoms with van der Waals surface area (Å²) >= 11 is 0. The number of rotatable bonds is 7. The normalized spacial score (nSPS) is 15.8. The average molecular weight is 374 g/mol. The fraction of sp³-hybridized carbons (Fsp3) is 0.450. The van der Waals surface area contributed by atoms with Crippen LogP contribution in [-0.2, 0) is 15.1 Å². The van der Waals surface area contributed by atoms with Crippen LogP contribution in [0.15, 0.2) is 36.7 Å². The highest BCUT2D eigenvalue weighted by Gasteiger charge is 2.36. The number of aromatic nitrogens is 1. The molecule has 1 aliphatic rings. The molecular formula is C20H26N2O5. The first-order valence-corrected chi connectivity index (χ1v) is 8.93. The molecule has 1 aromatic heterocycles. The van der Waals surface area contributed by atoms with E-state index < -0.39 is 0 Å². The number of benzene rings is 1. The van der Waals surface area contributed by atoms with Crippen LogP contribution in [0.3, 0.4) is 0 Å². The Kier molecular flexibility index (Phi) is 5.91. The van der Waals surface area contributed by atoms with E-state index in [0.29, 0.717) is 42.6 Å². The number of anilines is 1. The Hall–Kier alpha value is -2.67. The van der Waals surface area contributed by atoms with Crippen LogP contribution >= 0.6 is 0 Å². The number of carbonyl (C=O) groups excluding carboxylic acids is 1. The molecule has 2 heterocycles. The molecule has 0 unspecified atom stereocenters. The standard InChI is InChI=1S/C20H26N2O5/c1-24-16-12-15(13-17(25-2)19(16)26-3)21-18(23)14-20(6-10-27-11-7-20)22-8-4-5-9-22/h4-5,8-9,12-13H,6-7,10-11,14H2,1-3H3,(H,21,23). The van der Waals surface area contributed by atoms with Gasteiger partial charge < -0.3 is 28.8 Å². The van der Waals surface area contributed by atoms with Gasteiger partial charge in [0.05, 0.1) is 33.3 Å². The minimum atomic E-state index is -0.271. The Bertz CT molecular complexity index is 742. The van der Waals surface area contributed by atoms with Gasteiger partial charge in [-0.25, -0.2) is 0 Å². The van der Waals surface area contributed by atoms with E-state index in [1.165, 1.54) is 0 Å². The molecule has 1 saturated heterocycles. The summed E-state index contributed by atoms with van der Waals surface area (Å²) in [6.07, 6.45) is 5.98. The molecule has 2 aromatic rings. The highest BCUT2D eigenvalue weighted by Crippen LogP contribution is 2.40. The molecule has 7 heteroatoms. The summed E-state index contributed by atoms with van der Waals surface area (Å²) in [7, 11) is 4.64. The number of ether oxygens (including phenoxy) is 4. The maximum Gasteiger partial charge on any atom is 0.226 e. The third kappa shape index (κ3) is 4.03. The minimum absolute atomic E-state index is 0.0696. The predicted octanol–water partition coefficient (Wildman–Crippen LogP) is 3.05. The molecular weight excluding hydrogens is 348 g/mol. The van der Waals surface area contributed by atoms with Gasteiger partial charge in [-0.15, -0.1) is 0 Å². The van der Waals surface area contributed by atoms with Gasteiger partial charge in [0.2, 0.25) is 11.7 Å². The van der Waals surface area contributed by atoms with Crippen molar-refractivity contribution in [3.05, 3.63) is 36.7 Å². The first-order valence-electron chi connectivity index (χ1n) is 8.93. The number of amides is 1. The van der Waals surface area contributed by atoms with Crippen molar-refractivity contribution in [1.82, 2.24) is 4.57 Å². The fourth-order valence-corrected chi connectivity index (χ4v) is 3.59. The molecule has 0 bridgehead atoms. The van der Waals surface area contributed by atoms with Crippen LogP contribution in [0.2, 0.25) is 0 Å². The summed E-state index contributed by atoms with van der Waals surface area (Å²) in [5, 5.41) is 2.97. The van der Waals surface area contributed by atoms with Crippen molar-refractivity contribution in [3.8, 4) is 17.2 Å². The van der Waals surface area contributed by atoms with Gasteiger partial charge in [-0.05, 0) is 25.0 Å². The van der Waals surface area contributed by atoms with Gasteiger partial charge in [-0.2, -0.15) is 0 Å². The number of nitrogens with one attached hydrogen (secondary N) is 1. The zero-order valence-corrected chi connectivity index (χ0v) is 16.0. The van der Waals surface area contributed by atoms with Gasteiger partial charge in [0.1, 0.15) is 0 Å². The second-order valence-electron chi connectivity index (χ2n) is 6.57. The Labute approximate surface area is 159 Å².